The first-order valence-electron chi connectivity index (χ1n) is 3.68. The molecular formula is C9H6ClFO3. The number of hydrogen-bond donors (Lipinski definition) is 0. The molecule has 0 heterocycles. The van der Waals surface area contributed by atoms with Gasteiger partial charge in [0.15, 0.2) is 0 Å². The fourth-order valence-corrected chi connectivity index (χ4v) is 1.05. The monoisotopic (exact) mass is 216 g/mol. The van der Waals surface area contributed by atoms with Crippen molar-refractivity contribution in [2.45, 2.75) is 6.92 Å². The van der Waals surface area contributed by atoms with E-state index in [1.54, 1.807) is 0 Å². The molecule has 0 radical (unpaired) electrons. The largest absolute Gasteiger partial charge is 0.426 e. The van der Waals surface area contributed by atoms with Crippen molar-refractivity contribution in [3.63, 3.8) is 0 Å². The zero-order valence-corrected chi connectivity index (χ0v) is 7.97. The van der Waals surface area contributed by atoms with Gasteiger partial charge in [-0.2, -0.15) is 0 Å². The van der Waals surface area contributed by atoms with Crippen LogP contribution in [0.15, 0.2) is 18.2 Å². The fraction of sp³-hybridized carbons (Fsp3) is 0.111. The Morgan fingerprint density at radius 1 is 1.43 bits per heavy atom. The molecule has 0 unspecified atom stereocenters. The smallest absolute Gasteiger partial charge is 0.308 e. The molecule has 0 aliphatic carbocycles. The van der Waals surface area contributed by atoms with Crippen molar-refractivity contribution in [2.24, 2.45) is 0 Å². The van der Waals surface area contributed by atoms with Gasteiger partial charge in [0.2, 0.25) is 0 Å². The Kier molecular flexibility index (Phi) is 3.19. The summed E-state index contributed by atoms with van der Waals surface area (Å²) in [5.41, 5.74) is -0.0386. The van der Waals surface area contributed by atoms with E-state index in [0.29, 0.717) is 0 Å². The molecule has 14 heavy (non-hydrogen) atoms. The average molecular weight is 217 g/mol. The van der Waals surface area contributed by atoms with Gasteiger partial charge in [-0.3, -0.25) is 9.59 Å². The Balaban J connectivity index is 3.15. The van der Waals surface area contributed by atoms with Gasteiger partial charge in [0.05, 0.1) is 5.56 Å². The van der Waals surface area contributed by atoms with Crippen LogP contribution in [0, 0.1) is 5.82 Å². The molecule has 0 aliphatic heterocycles. The van der Waals surface area contributed by atoms with E-state index in [1.165, 1.54) is 0 Å². The van der Waals surface area contributed by atoms with Gasteiger partial charge in [-0.15, -0.1) is 0 Å². The van der Waals surface area contributed by atoms with Crippen molar-refractivity contribution in [3.05, 3.63) is 29.6 Å². The minimum absolute atomic E-state index is 0.0386. The van der Waals surface area contributed by atoms with Gasteiger partial charge < -0.3 is 4.74 Å². The number of esters is 1. The van der Waals surface area contributed by atoms with Crippen molar-refractivity contribution in [1.82, 2.24) is 0 Å². The minimum atomic E-state index is -0.804. The number of carbonyl (C=O) groups is 2. The highest BCUT2D eigenvalue weighted by molar-refractivity contribution is 6.68. The normalized spacial score (nSPS) is 9.64. The van der Waals surface area contributed by atoms with Gasteiger partial charge in [0.1, 0.15) is 11.6 Å². The van der Waals surface area contributed by atoms with E-state index in [2.05, 4.69) is 4.74 Å². The van der Waals surface area contributed by atoms with Crippen molar-refractivity contribution in [2.75, 3.05) is 0 Å². The first kappa shape index (κ1) is 10.7. The van der Waals surface area contributed by atoms with Crippen molar-refractivity contribution in [3.8, 4) is 5.75 Å². The maximum Gasteiger partial charge on any atom is 0.308 e. The number of benzene rings is 1. The molecule has 0 saturated carbocycles. The third-order valence-electron chi connectivity index (χ3n) is 1.41. The van der Waals surface area contributed by atoms with Crippen LogP contribution in [-0.2, 0) is 4.79 Å². The molecule has 0 aliphatic rings. The minimum Gasteiger partial charge on any atom is -0.426 e. The molecular weight excluding hydrogens is 211 g/mol. The Labute approximate surface area is 84.4 Å². The van der Waals surface area contributed by atoms with Gasteiger partial charge in [-0.1, -0.05) is 0 Å². The third kappa shape index (κ3) is 2.53. The standard InChI is InChI=1S/C9H6ClFO3/c1-5(12)14-8-4-6(11)2-3-7(8)9(10)13/h2-4H,1H3. The summed E-state index contributed by atoms with van der Waals surface area (Å²) in [5.74, 6) is -1.42. The molecule has 0 spiro atoms. The van der Waals surface area contributed by atoms with E-state index >= 15 is 0 Å². The van der Waals surface area contributed by atoms with Crippen LogP contribution in [0.2, 0.25) is 0 Å². The summed E-state index contributed by atoms with van der Waals surface area (Å²) >= 11 is 5.19. The van der Waals surface area contributed by atoms with Gasteiger partial charge >= 0.3 is 5.97 Å². The summed E-state index contributed by atoms with van der Waals surface area (Å²) in [7, 11) is 0. The zero-order chi connectivity index (χ0) is 10.7. The van der Waals surface area contributed by atoms with Crippen LogP contribution in [0.5, 0.6) is 5.75 Å². The lowest BCUT2D eigenvalue weighted by atomic mass is 10.2. The molecule has 74 valence electrons. The second kappa shape index (κ2) is 4.19. The van der Waals surface area contributed by atoms with Crippen molar-refractivity contribution in [1.29, 1.82) is 0 Å². The highest BCUT2D eigenvalue weighted by atomic mass is 35.5. The Morgan fingerprint density at radius 2 is 2.07 bits per heavy atom. The lowest BCUT2D eigenvalue weighted by molar-refractivity contribution is -0.131. The maximum absolute atomic E-state index is 12.7. The van der Waals surface area contributed by atoms with E-state index in [4.69, 9.17) is 11.6 Å². The zero-order valence-electron chi connectivity index (χ0n) is 7.21. The highest BCUT2D eigenvalue weighted by Gasteiger charge is 2.12. The topological polar surface area (TPSA) is 43.4 Å². The number of halogens is 2. The molecule has 0 atom stereocenters. The van der Waals surface area contributed by atoms with E-state index in [0.717, 1.165) is 25.1 Å². The summed E-state index contributed by atoms with van der Waals surface area (Å²) in [5, 5.41) is -0.804. The summed E-state index contributed by atoms with van der Waals surface area (Å²) in [6, 6.07) is 3.14. The van der Waals surface area contributed by atoms with Gasteiger partial charge in [-0.25, -0.2) is 4.39 Å². The lowest BCUT2D eigenvalue weighted by Crippen LogP contribution is -2.05. The molecule has 0 fully saturated rings. The third-order valence-corrected chi connectivity index (χ3v) is 1.61. The molecule has 1 aromatic carbocycles. The van der Waals surface area contributed by atoms with Gasteiger partial charge in [0, 0.05) is 13.0 Å². The van der Waals surface area contributed by atoms with E-state index in [1.807, 2.05) is 0 Å². The lowest BCUT2D eigenvalue weighted by Gasteiger charge is -2.04. The van der Waals surface area contributed by atoms with Crippen LogP contribution in [0.3, 0.4) is 0 Å². The number of ether oxygens (including phenoxy) is 1. The first-order valence-corrected chi connectivity index (χ1v) is 4.06. The predicted molar refractivity (Wildman–Crippen MR) is 47.9 cm³/mol. The van der Waals surface area contributed by atoms with E-state index in [9.17, 15) is 14.0 Å². The molecule has 5 heteroatoms. The predicted octanol–water partition coefficient (Wildman–Crippen LogP) is 2.13. The van der Waals surface area contributed by atoms with Crippen LogP contribution < -0.4 is 4.74 Å². The number of hydrogen-bond acceptors (Lipinski definition) is 3. The highest BCUT2D eigenvalue weighted by Crippen LogP contribution is 2.21. The molecule has 0 aromatic heterocycles. The molecule has 1 aromatic rings. The molecule has 0 amide bonds. The summed E-state index contributed by atoms with van der Waals surface area (Å²) < 4.78 is 17.3. The van der Waals surface area contributed by atoms with Crippen molar-refractivity contribution >= 4 is 22.8 Å². The fourth-order valence-electron chi connectivity index (χ4n) is 0.898. The van der Waals surface area contributed by atoms with Crippen LogP contribution >= 0.6 is 11.6 Å². The summed E-state index contributed by atoms with van der Waals surface area (Å²) in [6.45, 7) is 1.15. The Bertz CT molecular complexity index is 390. The Hall–Kier alpha value is -1.42. The molecule has 0 N–H and O–H groups in total. The van der Waals surface area contributed by atoms with E-state index in [-0.39, 0.29) is 11.3 Å². The SMILES string of the molecule is CC(=O)Oc1cc(F)ccc1C(=O)Cl. The average Bonchev–Trinajstić information content (AvgIpc) is 2.01. The maximum atomic E-state index is 12.7. The number of carbonyl (C=O) groups excluding carboxylic acids is 2. The molecule has 0 saturated heterocycles. The van der Waals surface area contributed by atoms with Gasteiger partial charge in [0.25, 0.3) is 5.24 Å². The first-order chi connectivity index (χ1) is 6.50. The second-order valence-electron chi connectivity index (χ2n) is 2.51. The van der Waals surface area contributed by atoms with Crippen LogP contribution in [0.4, 0.5) is 4.39 Å². The Morgan fingerprint density at radius 3 is 2.57 bits per heavy atom. The van der Waals surface area contributed by atoms with Crippen LogP contribution in [-0.4, -0.2) is 11.2 Å². The number of rotatable bonds is 2. The molecule has 3 nitrogen and oxygen atoms in total. The molecule has 0 bridgehead atoms. The quantitative estimate of drug-likeness (QED) is 0.432. The summed E-state index contributed by atoms with van der Waals surface area (Å²) in [6.07, 6.45) is 0. The van der Waals surface area contributed by atoms with Crippen LogP contribution in [0.25, 0.3) is 0 Å². The second-order valence-corrected chi connectivity index (χ2v) is 2.85. The summed E-state index contributed by atoms with van der Waals surface area (Å²) in [4.78, 5) is 21.4. The van der Waals surface area contributed by atoms with Crippen LogP contribution in [0.1, 0.15) is 17.3 Å². The van der Waals surface area contributed by atoms with E-state index < -0.39 is 17.0 Å². The molecule has 1 rings (SSSR count). The van der Waals surface area contributed by atoms with Gasteiger partial charge in [-0.05, 0) is 23.7 Å². The van der Waals surface area contributed by atoms with Crippen molar-refractivity contribution < 1.29 is 18.7 Å².